The molecule has 0 aliphatic heterocycles. The van der Waals surface area contributed by atoms with Gasteiger partial charge in [-0.25, -0.2) is 0 Å². The number of rotatable bonds is 3. The fourth-order valence-electron chi connectivity index (χ4n) is 1.64. The van der Waals surface area contributed by atoms with Gasteiger partial charge in [-0.05, 0) is 6.92 Å². The van der Waals surface area contributed by atoms with E-state index >= 15 is 0 Å². The fourth-order valence-corrected chi connectivity index (χ4v) is 1.64. The smallest absolute Gasteiger partial charge is 0.181 e. The van der Waals surface area contributed by atoms with Gasteiger partial charge in [-0.2, -0.15) is 5.26 Å². The molecule has 0 saturated heterocycles. The third-order valence-electron chi connectivity index (χ3n) is 2.35. The van der Waals surface area contributed by atoms with E-state index in [0.717, 1.165) is 0 Å². The number of nitrogens with two attached hydrogens (primary N) is 1. The van der Waals surface area contributed by atoms with Crippen LogP contribution in [0.4, 0.5) is 5.69 Å². The Morgan fingerprint density at radius 2 is 1.50 bits per heavy atom. The van der Waals surface area contributed by atoms with Crippen LogP contribution in [0.25, 0.3) is 0 Å². The van der Waals surface area contributed by atoms with Gasteiger partial charge in [0.25, 0.3) is 0 Å². The highest BCUT2D eigenvalue weighted by Crippen LogP contribution is 2.44. The van der Waals surface area contributed by atoms with E-state index in [-0.39, 0.29) is 11.3 Å². The second kappa shape index (κ2) is 4.62. The van der Waals surface area contributed by atoms with Crippen LogP contribution in [0.1, 0.15) is 11.1 Å². The number of benzene rings is 1. The Morgan fingerprint density at radius 3 is 1.88 bits per heavy atom. The summed E-state index contributed by atoms with van der Waals surface area (Å²) in [7, 11) is 4.46. The molecule has 2 N–H and O–H groups in total. The summed E-state index contributed by atoms with van der Waals surface area (Å²) in [5.74, 6) is 1.24. The lowest BCUT2D eigenvalue weighted by molar-refractivity contribution is 0.345. The van der Waals surface area contributed by atoms with E-state index in [1.54, 1.807) is 6.92 Å². The Hall–Kier alpha value is -2.09. The molecular weight excluding hydrogens is 208 g/mol. The average Bonchev–Trinajstić information content (AvgIpc) is 2.29. The van der Waals surface area contributed by atoms with Crippen molar-refractivity contribution in [2.24, 2.45) is 0 Å². The summed E-state index contributed by atoms with van der Waals surface area (Å²) in [5.41, 5.74) is 7.02. The first-order chi connectivity index (χ1) is 7.62. The summed E-state index contributed by atoms with van der Waals surface area (Å²) >= 11 is 0. The van der Waals surface area contributed by atoms with E-state index in [0.29, 0.717) is 22.8 Å². The molecule has 0 bridgehead atoms. The van der Waals surface area contributed by atoms with Crippen LogP contribution in [-0.2, 0) is 0 Å². The molecule has 5 heteroatoms. The van der Waals surface area contributed by atoms with Crippen molar-refractivity contribution >= 4 is 5.69 Å². The van der Waals surface area contributed by atoms with Gasteiger partial charge in [0.05, 0.1) is 27.0 Å². The van der Waals surface area contributed by atoms with Gasteiger partial charge in [0, 0.05) is 5.56 Å². The molecule has 0 spiro atoms. The number of hydrogen-bond acceptors (Lipinski definition) is 5. The number of nitrogen functional groups attached to an aromatic ring is 1. The van der Waals surface area contributed by atoms with E-state index in [4.69, 9.17) is 25.2 Å². The fraction of sp³-hybridized carbons (Fsp3) is 0.364. The highest BCUT2D eigenvalue weighted by molar-refractivity contribution is 5.76. The molecule has 1 aromatic rings. The highest BCUT2D eigenvalue weighted by atomic mass is 16.5. The third-order valence-corrected chi connectivity index (χ3v) is 2.35. The lowest BCUT2D eigenvalue weighted by atomic mass is 10.1. The van der Waals surface area contributed by atoms with Crippen molar-refractivity contribution in [2.75, 3.05) is 27.1 Å². The van der Waals surface area contributed by atoms with Gasteiger partial charge < -0.3 is 19.9 Å². The van der Waals surface area contributed by atoms with E-state index in [1.807, 2.05) is 6.07 Å². The Balaban J connectivity index is 3.70. The molecule has 0 aliphatic carbocycles. The van der Waals surface area contributed by atoms with Crippen LogP contribution < -0.4 is 19.9 Å². The van der Waals surface area contributed by atoms with Gasteiger partial charge >= 0.3 is 0 Å². The maximum Gasteiger partial charge on any atom is 0.181 e. The Kier molecular flexibility index (Phi) is 3.46. The first kappa shape index (κ1) is 12.0. The van der Waals surface area contributed by atoms with Crippen LogP contribution >= 0.6 is 0 Å². The van der Waals surface area contributed by atoms with Crippen molar-refractivity contribution in [3.63, 3.8) is 0 Å². The minimum Gasteiger partial charge on any atom is -0.494 e. The van der Waals surface area contributed by atoms with Gasteiger partial charge in [0.1, 0.15) is 17.4 Å². The zero-order chi connectivity index (χ0) is 12.3. The first-order valence-corrected chi connectivity index (χ1v) is 4.60. The largest absolute Gasteiger partial charge is 0.494 e. The molecule has 0 amide bonds. The van der Waals surface area contributed by atoms with Gasteiger partial charge in [0.2, 0.25) is 0 Å². The highest BCUT2D eigenvalue weighted by Gasteiger charge is 2.22. The second-order valence-corrected chi connectivity index (χ2v) is 3.13. The molecule has 16 heavy (non-hydrogen) atoms. The van der Waals surface area contributed by atoms with Crippen LogP contribution in [0.5, 0.6) is 17.2 Å². The normalized spacial score (nSPS) is 9.44. The SMILES string of the molecule is COc1c(C)c(OC)c(OC)c(C#N)c1N. The van der Waals surface area contributed by atoms with Crippen LogP contribution in [-0.4, -0.2) is 21.3 Å². The molecule has 0 heterocycles. The molecule has 1 aromatic carbocycles. The predicted molar refractivity (Wildman–Crippen MR) is 60.0 cm³/mol. The maximum atomic E-state index is 9.04. The minimum absolute atomic E-state index is 0.224. The average molecular weight is 222 g/mol. The van der Waals surface area contributed by atoms with Crippen LogP contribution in [0, 0.1) is 18.3 Å². The predicted octanol–water partition coefficient (Wildman–Crippen LogP) is 1.47. The minimum atomic E-state index is 0.224. The lowest BCUT2D eigenvalue weighted by Gasteiger charge is -2.17. The monoisotopic (exact) mass is 222 g/mol. The molecule has 0 aliphatic rings. The number of methoxy groups -OCH3 is 3. The quantitative estimate of drug-likeness (QED) is 0.783. The van der Waals surface area contributed by atoms with Crippen LogP contribution in [0.15, 0.2) is 0 Å². The van der Waals surface area contributed by atoms with E-state index < -0.39 is 0 Å². The molecule has 0 aromatic heterocycles. The molecule has 1 rings (SSSR count). The van der Waals surface area contributed by atoms with E-state index in [2.05, 4.69) is 0 Å². The maximum absolute atomic E-state index is 9.04. The summed E-state index contributed by atoms with van der Waals surface area (Å²) in [4.78, 5) is 0. The molecule has 0 unspecified atom stereocenters. The number of anilines is 1. The number of hydrogen-bond donors (Lipinski definition) is 1. The summed E-state index contributed by atoms with van der Waals surface area (Å²) in [6, 6.07) is 1.98. The van der Waals surface area contributed by atoms with Gasteiger partial charge in [0.15, 0.2) is 11.5 Å². The Labute approximate surface area is 94.3 Å². The number of ether oxygens (including phenoxy) is 3. The van der Waals surface area contributed by atoms with Crippen molar-refractivity contribution in [3.8, 4) is 23.3 Å². The molecular formula is C11H14N2O3. The van der Waals surface area contributed by atoms with Gasteiger partial charge in [-0.1, -0.05) is 0 Å². The number of nitrogens with zero attached hydrogens (tertiary/aromatic N) is 1. The van der Waals surface area contributed by atoms with Crippen molar-refractivity contribution in [1.82, 2.24) is 0 Å². The Morgan fingerprint density at radius 1 is 1.00 bits per heavy atom. The van der Waals surface area contributed by atoms with E-state index in [1.165, 1.54) is 21.3 Å². The third kappa shape index (κ3) is 1.58. The standard InChI is InChI=1S/C11H14N2O3/c1-6-9(14-2)8(13)7(5-12)11(16-4)10(6)15-3/h13H2,1-4H3. The second-order valence-electron chi connectivity index (χ2n) is 3.13. The van der Waals surface area contributed by atoms with Crippen LogP contribution in [0.3, 0.4) is 0 Å². The summed E-state index contributed by atoms with van der Waals surface area (Å²) < 4.78 is 15.5. The van der Waals surface area contributed by atoms with Crippen molar-refractivity contribution in [2.45, 2.75) is 6.92 Å². The first-order valence-electron chi connectivity index (χ1n) is 4.60. The molecule has 0 radical (unpaired) electrons. The molecule has 5 nitrogen and oxygen atoms in total. The van der Waals surface area contributed by atoms with Crippen molar-refractivity contribution < 1.29 is 14.2 Å². The van der Waals surface area contributed by atoms with Gasteiger partial charge in [-0.15, -0.1) is 0 Å². The number of nitriles is 1. The van der Waals surface area contributed by atoms with Crippen molar-refractivity contribution in [3.05, 3.63) is 11.1 Å². The van der Waals surface area contributed by atoms with E-state index in [9.17, 15) is 0 Å². The molecule has 86 valence electrons. The van der Waals surface area contributed by atoms with Crippen molar-refractivity contribution in [1.29, 1.82) is 5.26 Å². The molecule has 0 atom stereocenters. The topological polar surface area (TPSA) is 77.5 Å². The van der Waals surface area contributed by atoms with Gasteiger partial charge in [-0.3, -0.25) is 0 Å². The molecule has 0 fully saturated rings. The summed E-state index contributed by atoms with van der Waals surface area (Å²) in [6.07, 6.45) is 0. The zero-order valence-electron chi connectivity index (χ0n) is 9.75. The zero-order valence-corrected chi connectivity index (χ0v) is 9.75. The Bertz CT molecular complexity index is 450. The summed E-state index contributed by atoms with van der Waals surface area (Å²) in [5, 5.41) is 9.04. The van der Waals surface area contributed by atoms with Crippen LogP contribution in [0.2, 0.25) is 0 Å². The summed E-state index contributed by atoms with van der Waals surface area (Å²) in [6.45, 7) is 1.79. The lowest BCUT2D eigenvalue weighted by Crippen LogP contribution is -2.04. The molecule has 0 saturated carbocycles.